The number of benzene rings is 1. The molecule has 0 bridgehead atoms. The van der Waals surface area contributed by atoms with E-state index >= 15 is 0 Å². The van der Waals surface area contributed by atoms with Crippen molar-refractivity contribution < 1.29 is 19.3 Å². The smallest absolute Gasteiger partial charge is 0.104 e. The minimum Gasteiger partial charge on any atom is -0.384 e. The van der Waals surface area contributed by atoms with Crippen molar-refractivity contribution in [3.05, 3.63) is 35.9 Å². The molecular weight excluding hydrogens is 270 g/mol. The fraction of sp³-hybridized carbons (Fsp3) is 0.625. The summed E-state index contributed by atoms with van der Waals surface area (Å²) in [6.45, 7) is 3.14. The fourth-order valence-electron chi connectivity index (χ4n) is 1.96. The normalized spacial score (nSPS) is 14.0. The van der Waals surface area contributed by atoms with Crippen LogP contribution in [-0.2, 0) is 19.8 Å². The highest BCUT2D eigenvalue weighted by Gasteiger charge is 2.26. The molecule has 0 spiro atoms. The van der Waals surface area contributed by atoms with E-state index in [-0.39, 0.29) is 6.54 Å². The van der Waals surface area contributed by atoms with Gasteiger partial charge in [0.1, 0.15) is 5.60 Å². The highest BCUT2D eigenvalue weighted by Crippen LogP contribution is 2.23. The van der Waals surface area contributed by atoms with E-state index in [9.17, 15) is 5.11 Å². The maximum absolute atomic E-state index is 10.5. The van der Waals surface area contributed by atoms with Gasteiger partial charge in [0.2, 0.25) is 0 Å². The lowest BCUT2D eigenvalue weighted by molar-refractivity contribution is -0.00224. The van der Waals surface area contributed by atoms with Crippen LogP contribution >= 0.6 is 0 Å². The van der Waals surface area contributed by atoms with Crippen LogP contribution in [0.4, 0.5) is 0 Å². The van der Waals surface area contributed by atoms with Gasteiger partial charge in [-0.3, -0.25) is 0 Å². The van der Waals surface area contributed by atoms with Crippen molar-refractivity contribution in [2.45, 2.75) is 18.4 Å². The first kappa shape index (κ1) is 18.1. The average molecular weight is 297 g/mol. The van der Waals surface area contributed by atoms with Gasteiger partial charge in [0.25, 0.3) is 0 Å². The van der Waals surface area contributed by atoms with E-state index in [1.165, 1.54) is 0 Å². The van der Waals surface area contributed by atoms with Gasteiger partial charge < -0.3 is 25.1 Å². The Balaban J connectivity index is 2.15. The highest BCUT2D eigenvalue weighted by atomic mass is 16.5. The van der Waals surface area contributed by atoms with Gasteiger partial charge in [0, 0.05) is 39.9 Å². The Morgan fingerprint density at radius 3 is 2.29 bits per heavy atom. The molecule has 0 aliphatic rings. The third-order valence-corrected chi connectivity index (χ3v) is 3.32. The maximum Gasteiger partial charge on any atom is 0.104 e. The van der Waals surface area contributed by atoms with E-state index in [1.807, 2.05) is 30.3 Å². The Morgan fingerprint density at radius 2 is 1.67 bits per heavy atom. The summed E-state index contributed by atoms with van der Waals surface area (Å²) in [4.78, 5) is 0. The van der Waals surface area contributed by atoms with Crippen LogP contribution in [0.15, 0.2) is 30.3 Å². The Kier molecular flexibility index (Phi) is 9.21. The summed E-state index contributed by atoms with van der Waals surface area (Å²) >= 11 is 0. The van der Waals surface area contributed by atoms with Crippen LogP contribution in [0.25, 0.3) is 0 Å². The molecule has 1 unspecified atom stereocenters. The lowest BCUT2D eigenvalue weighted by Crippen LogP contribution is -2.36. The van der Waals surface area contributed by atoms with Crippen molar-refractivity contribution in [3.8, 4) is 0 Å². The zero-order chi connectivity index (χ0) is 15.4. The van der Waals surface area contributed by atoms with E-state index in [2.05, 4.69) is 0 Å². The summed E-state index contributed by atoms with van der Waals surface area (Å²) in [5, 5.41) is 10.5. The Morgan fingerprint density at radius 1 is 1.00 bits per heavy atom. The quantitative estimate of drug-likeness (QED) is 0.569. The van der Waals surface area contributed by atoms with E-state index < -0.39 is 5.60 Å². The lowest BCUT2D eigenvalue weighted by Gasteiger charge is -2.27. The molecule has 0 amide bonds. The second kappa shape index (κ2) is 10.7. The van der Waals surface area contributed by atoms with Crippen LogP contribution in [-0.4, -0.2) is 51.8 Å². The van der Waals surface area contributed by atoms with Crippen molar-refractivity contribution >= 4 is 0 Å². The molecule has 21 heavy (non-hydrogen) atoms. The molecule has 0 fully saturated rings. The van der Waals surface area contributed by atoms with Crippen LogP contribution in [0.3, 0.4) is 0 Å². The van der Waals surface area contributed by atoms with Crippen LogP contribution in [0.2, 0.25) is 0 Å². The molecule has 1 rings (SSSR count). The largest absolute Gasteiger partial charge is 0.384 e. The van der Waals surface area contributed by atoms with Crippen LogP contribution < -0.4 is 5.73 Å². The minimum absolute atomic E-state index is 0.181. The fourth-order valence-corrected chi connectivity index (χ4v) is 1.96. The van der Waals surface area contributed by atoms with Gasteiger partial charge in [-0.15, -0.1) is 0 Å². The molecular formula is C16H27NO4. The van der Waals surface area contributed by atoms with Crippen LogP contribution in [0.1, 0.15) is 18.4 Å². The van der Waals surface area contributed by atoms with Crippen LogP contribution in [0.5, 0.6) is 0 Å². The summed E-state index contributed by atoms with van der Waals surface area (Å²) in [6, 6.07) is 9.48. The van der Waals surface area contributed by atoms with E-state index in [1.54, 1.807) is 7.11 Å². The van der Waals surface area contributed by atoms with Crippen molar-refractivity contribution in [1.29, 1.82) is 0 Å². The SMILES string of the molecule is COCCOCCCOCCC(O)(CN)c1ccccc1. The Labute approximate surface area is 127 Å². The molecule has 1 aromatic rings. The number of rotatable bonds is 12. The van der Waals surface area contributed by atoms with Crippen molar-refractivity contribution in [2.75, 3.05) is 46.7 Å². The molecule has 0 saturated carbocycles. The molecule has 3 N–H and O–H groups in total. The Hall–Kier alpha value is -0.980. The average Bonchev–Trinajstić information content (AvgIpc) is 2.54. The first-order valence-electron chi connectivity index (χ1n) is 7.35. The molecule has 0 aliphatic heterocycles. The molecule has 0 aliphatic carbocycles. The summed E-state index contributed by atoms with van der Waals surface area (Å²) < 4.78 is 15.8. The predicted octanol–water partition coefficient (Wildman–Crippen LogP) is 1.29. The zero-order valence-corrected chi connectivity index (χ0v) is 12.8. The van der Waals surface area contributed by atoms with Crippen molar-refractivity contribution in [1.82, 2.24) is 0 Å². The van der Waals surface area contributed by atoms with Gasteiger partial charge >= 0.3 is 0 Å². The second-order valence-corrected chi connectivity index (χ2v) is 4.92. The molecule has 5 nitrogen and oxygen atoms in total. The third kappa shape index (κ3) is 7.02. The molecule has 1 aromatic carbocycles. The summed E-state index contributed by atoms with van der Waals surface area (Å²) in [6.07, 6.45) is 1.31. The van der Waals surface area contributed by atoms with Gasteiger partial charge in [-0.05, 0) is 12.0 Å². The summed E-state index contributed by atoms with van der Waals surface area (Å²) in [5.41, 5.74) is 5.53. The van der Waals surface area contributed by atoms with Crippen LogP contribution in [0, 0.1) is 0 Å². The van der Waals surface area contributed by atoms with Gasteiger partial charge in [-0.2, -0.15) is 0 Å². The monoisotopic (exact) mass is 297 g/mol. The number of ether oxygens (including phenoxy) is 3. The summed E-state index contributed by atoms with van der Waals surface area (Å²) in [5.74, 6) is 0. The number of hydrogen-bond acceptors (Lipinski definition) is 5. The van der Waals surface area contributed by atoms with E-state index in [4.69, 9.17) is 19.9 Å². The van der Waals surface area contributed by atoms with E-state index in [0.29, 0.717) is 39.5 Å². The van der Waals surface area contributed by atoms with Gasteiger partial charge in [0.15, 0.2) is 0 Å². The molecule has 0 radical (unpaired) electrons. The number of nitrogens with two attached hydrogens (primary N) is 1. The van der Waals surface area contributed by atoms with Gasteiger partial charge in [-0.1, -0.05) is 30.3 Å². The molecule has 0 aromatic heterocycles. The predicted molar refractivity (Wildman–Crippen MR) is 82.1 cm³/mol. The van der Waals surface area contributed by atoms with Gasteiger partial charge in [0.05, 0.1) is 13.2 Å². The molecule has 5 heteroatoms. The first-order valence-corrected chi connectivity index (χ1v) is 7.35. The highest BCUT2D eigenvalue weighted by molar-refractivity contribution is 5.22. The van der Waals surface area contributed by atoms with Gasteiger partial charge in [-0.25, -0.2) is 0 Å². The van der Waals surface area contributed by atoms with Crippen molar-refractivity contribution in [3.63, 3.8) is 0 Å². The second-order valence-electron chi connectivity index (χ2n) is 4.92. The number of hydrogen-bond donors (Lipinski definition) is 2. The topological polar surface area (TPSA) is 73.9 Å². The number of methoxy groups -OCH3 is 1. The van der Waals surface area contributed by atoms with Crippen molar-refractivity contribution in [2.24, 2.45) is 5.73 Å². The zero-order valence-electron chi connectivity index (χ0n) is 12.8. The first-order chi connectivity index (χ1) is 10.2. The molecule has 1 atom stereocenters. The maximum atomic E-state index is 10.5. The molecule has 0 heterocycles. The number of aliphatic hydroxyl groups is 1. The van der Waals surface area contributed by atoms with E-state index in [0.717, 1.165) is 12.0 Å². The third-order valence-electron chi connectivity index (χ3n) is 3.32. The summed E-state index contributed by atoms with van der Waals surface area (Å²) in [7, 11) is 1.65. The molecule has 120 valence electrons. The minimum atomic E-state index is -1.02. The Bertz CT molecular complexity index is 361. The molecule has 0 saturated heterocycles. The lowest BCUT2D eigenvalue weighted by atomic mass is 9.91. The standard InChI is InChI=1S/C16H27NO4/c1-19-12-13-21-10-5-9-20-11-8-16(18,14-17)15-6-3-2-4-7-15/h2-4,6-7,18H,5,8-14,17H2,1H3.